The second kappa shape index (κ2) is 7.53. The van der Waals surface area contributed by atoms with Gasteiger partial charge in [0.1, 0.15) is 0 Å². The molecule has 0 bridgehead atoms. The average Bonchev–Trinajstić information content (AvgIpc) is 2.04. The number of nitrogens with one attached hydrogen (secondary N) is 1. The maximum atomic E-state index is 5.47. The van der Waals surface area contributed by atoms with Gasteiger partial charge in [-0.05, 0) is 20.4 Å². The van der Waals surface area contributed by atoms with Crippen molar-refractivity contribution >= 4 is 0 Å². The van der Waals surface area contributed by atoms with Crippen LogP contribution in [0, 0.1) is 0 Å². The Labute approximate surface area is 75.4 Å². The molecule has 2 unspecified atom stereocenters. The number of rotatable bonds is 7. The van der Waals surface area contributed by atoms with E-state index >= 15 is 0 Å². The molecule has 0 radical (unpaired) electrons. The van der Waals surface area contributed by atoms with E-state index in [0.29, 0.717) is 12.6 Å². The zero-order chi connectivity index (χ0) is 9.40. The average molecular weight is 175 g/mol. The van der Waals surface area contributed by atoms with Crippen molar-refractivity contribution < 1.29 is 9.47 Å². The van der Waals surface area contributed by atoms with Crippen molar-refractivity contribution in [1.82, 2.24) is 5.32 Å². The van der Waals surface area contributed by atoms with Gasteiger partial charge in [-0.3, -0.25) is 0 Å². The Bertz CT molecular complexity index is 92.5. The van der Waals surface area contributed by atoms with Gasteiger partial charge >= 0.3 is 0 Å². The Morgan fingerprint density at radius 2 is 2.00 bits per heavy atom. The molecule has 0 fully saturated rings. The highest BCUT2D eigenvalue weighted by molar-refractivity contribution is 4.72. The zero-order valence-electron chi connectivity index (χ0n) is 8.59. The first-order chi connectivity index (χ1) is 5.76. The molecular weight excluding hydrogens is 154 g/mol. The fourth-order valence-corrected chi connectivity index (χ4v) is 1.18. The van der Waals surface area contributed by atoms with E-state index in [1.165, 1.54) is 0 Å². The quantitative estimate of drug-likeness (QED) is 0.627. The molecule has 0 amide bonds. The molecule has 0 spiro atoms. The standard InChI is InChI=1S/C9H21NO2/c1-5-10-9(7-11-4)8(3)12-6-2/h8-10H,5-7H2,1-4H3. The van der Waals surface area contributed by atoms with Gasteiger partial charge < -0.3 is 14.8 Å². The second-order valence-corrected chi connectivity index (χ2v) is 2.78. The summed E-state index contributed by atoms with van der Waals surface area (Å²) >= 11 is 0. The summed E-state index contributed by atoms with van der Waals surface area (Å²) in [4.78, 5) is 0. The van der Waals surface area contributed by atoms with Crippen LogP contribution in [-0.4, -0.2) is 39.0 Å². The van der Waals surface area contributed by atoms with Gasteiger partial charge in [0.05, 0.1) is 18.8 Å². The zero-order valence-corrected chi connectivity index (χ0v) is 8.59. The van der Waals surface area contributed by atoms with Crippen molar-refractivity contribution in [2.24, 2.45) is 0 Å². The minimum absolute atomic E-state index is 0.217. The third kappa shape index (κ3) is 4.70. The molecular formula is C9H21NO2. The fraction of sp³-hybridized carbons (Fsp3) is 1.00. The molecule has 12 heavy (non-hydrogen) atoms. The first-order valence-corrected chi connectivity index (χ1v) is 4.60. The Morgan fingerprint density at radius 1 is 1.33 bits per heavy atom. The van der Waals surface area contributed by atoms with E-state index in [1.807, 2.05) is 6.92 Å². The SMILES string of the molecule is CCNC(COC)C(C)OCC. The van der Waals surface area contributed by atoms with E-state index in [4.69, 9.17) is 9.47 Å². The molecule has 0 saturated carbocycles. The lowest BCUT2D eigenvalue weighted by atomic mass is 10.2. The first-order valence-electron chi connectivity index (χ1n) is 4.60. The van der Waals surface area contributed by atoms with Crippen molar-refractivity contribution in [3.63, 3.8) is 0 Å². The van der Waals surface area contributed by atoms with Crippen LogP contribution in [0.15, 0.2) is 0 Å². The smallest absolute Gasteiger partial charge is 0.0722 e. The fourth-order valence-electron chi connectivity index (χ4n) is 1.18. The highest BCUT2D eigenvalue weighted by Gasteiger charge is 2.15. The Balaban J connectivity index is 3.72. The number of methoxy groups -OCH3 is 1. The highest BCUT2D eigenvalue weighted by atomic mass is 16.5. The summed E-state index contributed by atoms with van der Waals surface area (Å²) in [7, 11) is 1.71. The lowest BCUT2D eigenvalue weighted by molar-refractivity contribution is 0.0213. The maximum Gasteiger partial charge on any atom is 0.0722 e. The van der Waals surface area contributed by atoms with Crippen LogP contribution < -0.4 is 5.32 Å². The van der Waals surface area contributed by atoms with Gasteiger partial charge in [0, 0.05) is 13.7 Å². The molecule has 0 rings (SSSR count). The normalized spacial score (nSPS) is 16.0. The minimum atomic E-state index is 0.217. The summed E-state index contributed by atoms with van der Waals surface area (Å²) in [5.74, 6) is 0. The van der Waals surface area contributed by atoms with Gasteiger partial charge in [-0.25, -0.2) is 0 Å². The highest BCUT2D eigenvalue weighted by Crippen LogP contribution is 1.99. The van der Waals surface area contributed by atoms with E-state index in [0.717, 1.165) is 13.2 Å². The van der Waals surface area contributed by atoms with Crippen molar-refractivity contribution in [3.05, 3.63) is 0 Å². The predicted octanol–water partition coefficient (Wildman–Crippen LogP) is 1.04. The van der Waals surface area contributed by atoms with Crippen LogP contribution in [0.3, 0.4) is 0 Å². The molecule has 74 valence electrons. The van der Waals surface area contributed by atoms with Crippen LogP contribution >= 0.6 is 0 Å². The summed E-state index contributed by atoms with van der Waals surface area (Å²) in [6.45, 7) is 8.57. The number of hydrogen-bond acceptors (Lipinski definition) is 3. The van der Waals surface area contributed by atoms with E-state index in [9.17, 15) is 0 Å². The molecule has 0 aliphatic rings. The van der Waals surface area contributed by atoms with Crippen molar-refractivity contribution in [2.45, 2.75) is 32.9 Å². The third-order valence-corrected chi connectivity index (χ3v) is 1.81. The predicted molar refractivity (Wildman–Crippen MR) is 50.4 cm³/mol. The molecule has 0 aromatic rings. The van der Waals surface area contributed by atoms with Crippen LogP contribution in [-0.2, 0) is 9.47 Å². The molecule has 0 aromatic carbocycles. The van der Waals surface area contributed by atoms with E-state index in [1.54, 1.807) is 7.11 Å². The lowest BCUT2D eigenvalue weighted by Gasteiger charge is -2.23. The number of likely N-dealkylation sites (N-methyl/N-ethyl adjacent to an activating group) is 1. The van der Waals surface area contributed by atoms with Gasteiger partial charge in [-0.1, -0.05) is 6.92 Å². The molecule has 0 saturated heterocycles. The Hall–Kier alpha value is -0.120. The molecule has 1 N–H and O–H groups in total. The van der Waals surface area contributed by atoms with Crippen LogP contribution in [0.4, 0.5) is 0 Å². The third-order valence-electron chi connectivity index (χ3n) is 1.81. The number of ether oxygens (including phenoxy) is 2. The maximum absolute atomic E-state index is 5.47. The molecule has 3 nitrogen and oxygen atoms in total. The summed E-state index contributed by atoms with van der Waals surface area (Å²) in [6.07, 6.45) is 0.217. The minimum Gasteiger partial charge on any atom is -0.383 e. The summed E-state index contributed by atoms with van der Waals surface area (Å²) in [5, 5.41) is 3.32. The summed E-state index contributed by atoms with van der Waals surface area (Å²) in [5.41, 5.74) is 0. The summed E-state index contributed by atoms with van der Waals surface area (Å²) < 4.78 is 10.5. The lowest BCUT2D eigenvalue weighted by Crippen LogP contribution is -2.43. The van der Waals surface area contributed by atoms with Crippen LogP contribution in [0.5, 0.6) is 0 Å². The van der Waals surface area contributed by atoms with Crippen molar-refractivity contribution in [2.75, 3.05) is 26.9 Å². The van der Waals surface area contributed by atoms with Gasteiger partial charge in [-0.2, -0.15) is 0 Å². The molecule has 0 aliphatic heterocycles. The number of hydrogen-bond donors (Lipinski definition) is 1. The topological polar surface area (TPSA) is 30.5 Å². The first kappa shape index (κ1) is 11.9. The van der Waals surface area contributed by atoms with Gasteiger partial charge in [0.25, 0.3) is 0 Å². The van der Waals surface area contributed by atoms with Gasteiger partial charge in [0.15, 0.2) is 0 Å². The second-order valence-electron chi connectivity index (χ2n) is 2.78. The van der Waals surface area contributed by atoms with Crippen LogP contribution in [0.1, 0.15) is 20.8 Å². The van der Waals surface area contributed by atoms with Crippen LogP contribution in [0.2, 0.25) is 0 Å². The van der Waals surface area contributed by atoms with Crippen LogP contribution in [0.25, 0.3) is 0 Å². The van der Waals surface area contributed by atoms with E-state index in [2.05, 4.69) is 19.2 Å². The molecule has 3 heteroatoms. The van der Waals surface area contributed by atoms with Gasteiger partial charge in [-0.15, -0.1) is 0 Å². The molecule has 0 aliphatic carbocycles. The summed E-state index contributed by atoms with van der Waals surface area (Å²) in [6, 6.07) is 0.306. The van der Waals surface area contributed by atoms with Gasteiger partial charge in [0.2, 0.25) is 0 Å². The van der Waals surface area contributed by atoms with Crippen molar-refractivity contribution in [3.8, 4) is 0 Å². The molecule has 0 aromatic heterocycles. The largest absolute Gasteiger partial charge is 0.383 e. The van der Waals surface area contributed by atoms with E-state index < -0.39 is 0 Å². The monoisotopic (exact) mass is 175 g/mol. The molecule has 0 heterocycles. The van der Waals surface area contributed by atoms with Crippen molar-refractivity contribution in [1.29, 1.82) is 0 Å². The Kier molecular flexibility index (Phi) is 7.45. The molecule has 2 atom stereocenters. The Morgan fingerprint density at radius 3 is 2.42 bits per heavy atom. The van der Waals surface area contributed by atoms with E-state index in [-0.39, 0.29) is 6.10 Å².